The molecule has 1 unspecified atom stereocenters. The van der Waals surface area contributed by atoms with Crippen molar-refractivity contribution in [3.8, 4) is 22.9 Å². The number of alkyl carbamates (subject to hydrolysis) is 1. The Morgan fingerprint density at radius 2 is 1.71 bits per heavy atom. The number of fused-ring (bicyclic) bond motifs is 3. The first-order chi connectivity index (χ1) is 31.5. The average molecular weight is 955 g/mol. The van der Waals surface area contributed by atoms with E-state index in [0.29, 0.717) is 58.2 Å². The molecule has 19 heteroatoms. The fourth-order valence-corrected chi connectivity index (χ4v) is 13.1. The van der Waals surface area contributed by atoms with Gasteiger partial charge in [-0.1, -0.05) is 50.3 Å². The number of rotatable bonds is 11. The molecule has 0 spiro atoms. The molecule has 4 N–H and O–H groups in total. The highest BCUT2D eigenvalue weighted by molar-refractivity contribution is 7.59. The lowest BCUT2D eigenvalue weighted by atomic mass is 10.0. The molecule has 2 aliphatic carbocycles. The van der Waals surface area contributed by atoms with E-state index in [0.717, 1.165) is 51.0 Å². The van der Waals surface area contributed by atoms with E-state index in [4.69, 9.17) is 24.2 Å². The van der Waals surface area contributed by atoms with Crippen LogP contribution in [0, 0.1) is 5.92 Å². The van der Waals surface area contributed by atoms with Gasteiger partial charge in [0.15, 0.2) is 5.13 Å². The van der Waals surface area contributed by atoms with Gasteiger partial charge in [0.25, 0.3) is 0 Å². The number of pyridine rings is 1. The molecule has 66 heavy (non-hydrogen) atoms. The van der Waals surface area contributed by atoms with Crippen LogP contribution in [0.1, 0.15) is 108 Å². The molecule has 4 fully saturated rings. The van der Waals surface area contributed by atoms with E-state index in [1.807, 2.05) is 25.3 Å². The molecular formula is C47H58F3N6O8PS. The van der Waals surface area contributed by atoms with Crippen LogP contribution >= 0.6 is 18.7 Å². The minimum atomic E-state index is -4.77. The van der Waals surface area contributed by atoms with Crippen molar-refractivity contribution >= 4 is 52.6 Å². The van der Waals surface area contributed by atoms with E-state index >= 15 is 0 Å². The van der Waals surface area contributed by atoms with Gasteiger partial charge in [0.2, 0.25) is 19.2 Å². The Bertz CT molecular complexity index is 2470. The molecule has 4 heterocycles. The van der Waals surface area contributed by atoms with E-state index in [2.05, 4.69) is 16.0 Å². The number of amides is 3. The number of benzene rings is 2. The van der Waals surface area contributed by atoms with E-state index in [1.54, 1.807) is 25.3 Å². The van der Waals surface area contributed by atoms with E-state index in [1.165, 1.54) is 34.4 Å². The third-order valence-electron chi connectivity index (χ3n) is 13.3. The molecule has 2 saturated heterocycles. The molecular weight excluding hydrogens is 897 g/mol. The first-order valence-electron chi connectivity index (χ1n) is 23.0. The number of carbonyl (C=O) groups is 3. The number of nitrogens with one attached hydrogen (secondary N) is 3. The predicted octanol–water partition coefficient (Wildman–Crippen LogP) is 9.64. The van der Waals surface area contributed by atoms with Crippen LogP contribution in [0.15, 0.2) is 53.9 Å². The second kappa shape index (κ2) is 19.7. The summed E-state index contributed by atoms with van der Waals surface area (Å²) in [6.45, 7) is 3.93. The van der Waals surface area contributed by atoms with Crippen LogP contribution in [0.5, 0.6) is 11.5 Å². The molecule has 0 radical (unpaired) electrons. The quantitative estimate of drug-likeness (QED) is 0.105. The van der Waals surface area contributed by atoms with Crippen molar-refractivity contribution in [3.05, 3.63) is 65.0 Å². The molecule has 0 bridgehead atoms. The molecule has 2 aliphatic heterocycles. The van der Waals surface area contributed by atoms with E-state index < -0.39 is 72.6 Å². The molecule has 2 aromatic carbocycles. The van der Waals surface area contributed by atoms with Crippen LogP contribution in [-0.2, 0) is 31.2 Å². The first-order valence-corrected chi connectivity index (χ1v) is 25.7. The topological polar surface area (TPSA) is 181 Å². The summed E-state index contributed by atoms with van der Waals surface area (Å²) < 4.78 is 75.1. The second-order valence-corrected chi connectivity index (χ2v) is 21.8. The molecule has 3 amide bonds. The Balaban J connectivity index is 1.13. The zero-order chi connectivity index (χ0) is 46.8. The average Bonchev–Trinajstić information content (AvgIpc) is 3.68. The zero-order valence-electron chi connectivity index (χ0n) is 37.4. The lowest BCUT2D eigenvalue weighted by Crippen LogP contribution is -2.55. The van der Waals surface area contributed by atoms with Crippen LogP contribution in [0.2, 0.25) is 0 Å². The van der Waals surface area contributed by atoms with Crippen LogP contribution in [0.3, 0.4) is 0 Å². The fourth-order valence-electron chi connectivity index (χ4n) is 9.78. The summed E-state index contributed by atoms with van der Waals surface area (Å²) in [5.74, 6) is -0.771. The van der Waals surface area contributed by atoms with Crippen molar-refractivity contribution in [2.45, 2.75) is 145 Å². The predicted molar refractivity (Wildman–Crippen MR) is 245 cm³/mol. The number of carbonyl (C=O) groups excluding carboxylic acids is 3. The van der Waals surface area contributed by atoms with Gasteiger partial charge in [0.05, 0.1) is 36.6 Å². The van der Waals surface area contributed by atoms with Gasteiger partial charge in [0, 0.05) is 35.4 Å². The zero-order valence-corrected chi connectivity index (χ0v) is 39.1. The summed E-state index contributed by atoms with van der Waals surface area (Å²) in [5.41, 5.74) is 0.310. The molecule has 8 rings (SSSR count). The number of anilines is 1. The van der Waals surface area contributed by atoms with Crippen LogP contribution in [-0.4, -0.2) is 86.9 Å². The summed E-state index contributed by atoms with van der Waals surface area (Å²) in [6, 6.07) is 9.66. The van der Waals surface area contributed by atoms with Gasteiger partial charge in [-0.05, 0) is 88.5 Å². The van der Waals surface area contributed by atoms with Gasteiger partial charge in [-0.25, -0.2) is 14.8 Å². The maximum atomic E-state index is 14.9. The monoisotopic (exact) mass is 954 g/mol. The summed E-state index contributed by atoms with van der Waals surface area (Å²) >= 11 is 1.43. The van der Waals surface area contributed by atoms with Gasteiger partial charge >= 0.3 is 12.3 Å². The van der Waals surface area contributed by atoms with E-state index in [9.17, 15) is 37.0 Å². The number of nitrogens with zero attached hydrogens (tertiary/aromatic N) is 3. The van der Waals surface area contributed by atoms with Crippen molar-refractivity contribution in [3.63, 3.8) is 0 Å². The third kappa shape index (κ3) is 10.6. The highest BCUT2D eigenvalue weighted by Gasteiger charge is 2.66. The Kier molecular flexibility index (Phi) is 14.2. The number of thiazole rings is 1. The molecule has 2 saturated carbocycles. The molecule has 4 aromatic rings. The number of methoxy groups -OCH3 is 1. The highest BCUT2D eigenvalue weighted by Crippen LogP contribution is 2.72. The van der Waals surface area contributed by atoms with Crippen LogP contribution < -0.4 is 25.4 Å². The van der Waals surface area contributed by atoms with Gasteiger partial charge in [-0.2, -0.15) is 13.2 Å². The minimum absolute atomic E-state index is 0.0430. The molecule has 2 aromatic heterocycles. The second-order valence-electron chi connectivity index (χ2n) is 18.4. The van der Waals surface area contributed by atoms with Crippen molar-refractivity contribution in [2.24, 2.45) is 5.92 Å². The van der Waals surface area contributed by atoms with Gasteiger partial charge in [0.1, 0.15) is 46.8 Å². The number of hydrogen-bond acceptors (Lipinski definition) is 11. The number of halogens is 3. The third-order valence-corrected chi connectivity index (χ3v) is 16.7. The molecule has 6 atom stereocenters. The number of aromatic nitrogens is 2. The molecule has 356 valence electrons. The lowest BCUT2D eigenvalue weighted by Gasteiger charge is -2.31. The van der Waals surface area contributed by atoms with Crippen molar-refractivity contribution in [2.75, 3.05) is 19.0 Å². The maximum absolute atomic E-state index is 14.9. The Morgan fingerprint density at radius 1 is 0.985 bits per heavy atom. The SMILES string of the molecule is COc1ccc2c(O[C@@H]3C[C@H]4C(=O)N[C@]5(P(=O)(O)Cc6ccccc6C(F)(F)F)C[C@@H]5CCCCCCC[C@H](NC(=O)OC5CCCC5)C(=O)N4C3)cc(-c3csc(NC(C)C)n3)nc2c1. The summed E-state index contributed by atoms with van der Waals surface area (Å²) in [6.07, 6.45) is 0.401. The minimum Gasteiger partial charge on any atom is -0.497 e. The van der Waals surface area contributed by atoms with Crippen LogP contribution in [0.4, 0.5) is 23.1 Å². The Hall–Kier alpha value is -4.93. The Morgan fingerprint density at radius 3 is 2.45 bits per heavy atom. The highest BCUT2D eigenvalue weighted by atomic mass is 32.1. The van der Waals surface area contributed by atoms with E-state index in [-0.39, 0.29) is 43.5 Å². The van der Waals surface area contributed by atoms with Gasteiger partial charge < -0.3 is 40.0 Å². The van der Waals surface area contributed by atoms with Crippen molar-refractivity contribution in [1.82, 2.24) is 25.5 Å². The summed E-state index contributed by atoms with van der Waals surface area (Å²) in [7, 11) is -3.05. The summed E-state index contributed by atoms with van der Waals surface area (Å²) in [4.78, 5) is 66.1. The Labute approximate surface area is 386 Å². The smallest absolute Gasteiger partial charge is 0.416 e. The number of ether oxygens (including phenoxy) is 3. The van der Waals surface area contributed by atoms with Crippen molar-refractivity contribution in [1.29, 1.82) is 0 Å². The van der Waals surface area contributed by atoms with Crippen LogP contribution in [0.25, 0.3) is 22.3 Å². The van der Waals surface area contributed by atoms with Gasteiger partial charge in [-0.3, -0.25) is 14.2 Å². The first kappa shape index (κ1) is 47.6. The molecule has 14 nitrogen and oxygen atoms in total. The fraction of sp³-hybridized carbons (Fsp3) is 0.553. The normalized spacial score (nSPS) is 25.2. The lowest BCUT2D eigenvalue weighted by molar-refractivity contribution is -0.140. The standard InChI is InChI=1S/C47H58F3N6O8PS/c1-28(2)51-44-53-39(27-66-44)38-23-41(34-20-19-32(62-3)21-37(34)52-38)63-33-22-40-42(57)55-46(65(60,61)26-29-13-9-12-17-35(29)47(48,49)50)24-30(46)14-7-5-4-6-8-18-36(43(58)56(40)25-33)54-45(59)64-31-15-10-11-16-31/h9,12-13,17,19-21,23,27-28,30-31,33,36,40H,4-8,10-11,14-16,18,22,24-26H2,1-3H3,(H,51,53)(H,54,59)(H,55,57)(H,60,61)/t30-,33+,36-,40-,46-/m0/s1. The van der Waals surface area contributed by atoms with Gasteiger partial charge in [-0.15, -0.1) is 11.3 Å². The number of alkyl halides is 3. The molecule has 4 aliphatic rings. The largest absolute Gasteiger partial charge is 0.497 e. The summed E-state index contributed by atoms with van der Waals surface area (Å²) in [5, 5.41) is 10.5. The number of hydrogen-bond donors (Lipinski definition) is 4. The van der Waals surface area contributed by atoms with Crippen molar-refractivity contribution < 1.29 is 51.2 Å². The maximum Gasteiger partial charge on any atom is 0.416 e.